The monoisotopic (exact) mass is 436 g/mol. The SMILES string of the molecule is CN(C)CCC1OCC(=O)C1NC(=O)C(CC(C)(C)CC(N)=O)n1ccc(C(=O)O)c1. The van der Waals surface area contributed by atoms with E-state index in [0.29, 0.717) is 13.0 Å². The molecule has 2 rings (SSSR count). The van der Waals surface area contributed by atoms with Crippen LogP contribution in [0.25, 0.3) is 0 Å². The van der Waals surface area contributed by atoms with Gasteiger partial charge in [0.1, 0.15) is 18.7 Å². The second kappa shape index (κ2) is 10.1. The number of nitrogens with zero attached hydrogens (tertiary/aromatic N) is 2. The van der Waals surface area contributed by atoms with Crippen molar-refractivity contribution in [3.8, 4) is 0 Å². The van der Waals surface area contributed by atoms with Gasteiger partial charge in [-0.25, -0.2) is 4.79 Å². The molecule has 2 amide bonds. The molecule has 1 saturated heterocycles. The molecule has 10 nitrogen and oxygen atoms in total. The first-order valence-corrected chi connectivity index (χ1v) is 10.2. The molecule has 1 aromatic rings. The van der Waals surface area contributed by atoms with E-state index in [0.717, 1.165) is 0 Å². The lowest BCUT2D eigenvalue weighted by Gasteiger charge is -2.30. The molecule has 10 heteroatoms. The number of rotatable bonds is 11. The smallest absolute Gasteiger partial charge is 0.337 e. The van der Waals surface area contributed by atoms with E-state index in [1.54, 1.807) is 0 Å². The van der Waals surface area contributed by atoms with E-state index >= 15 is 0 Å². The number of Topliss-reactive ketones (excluding diaryl/α,β-unsaturated/α-hetero) is 1. The third-order valence-electron chi connectivity index (χ3n) is 5.34. The lowest BCUT2D eigenvalue weighted by atomic mass is 9.82. The van der Waals surface area contributed by atoms with Gasteiger partial charge in [-0.1, -0.05) is 13.8 Å². The maximum atomic E-state index is 13.3. The zero-order chi connectivity index (χ0) is 23.3. The van der Waals surface area contributed by atoms with Crippen molar-refractivity contribution in [3.63, 3.8) is 0 Å². The fraction of sp³-hybridized carbons (Fsp3) is 0.619. The lowest BCUT2D eigenvalue weighted by molar-refractivity contribution is -0.130. The predicted molar refractivity (Wildman–Crippen MR) is 112 cm³/mol. The second-order valence-electron chi connectivity index (χ2n) is 9.07. The minimum absolute atomic E-state index is 0.0367. The van der Waals surface area contributed by atoms with Gasteiger partial charge in [0.15, 0.2) is 5.78 Å². The van der Waals surface area contributed by atoms with Crippen LogP contribution in [0.2, 0.25) is 0 Å². The third kappa shape index (κ3) is 6.90. The van der Waals surface area contributed by atoms with Crippen molar-refractivity contribution in [2.24, 2.45) is 11.1 Å². The molecule has 1 aliphatic heterocycles. The Bertz CT molecular complexity index is 832. The van der Waals surface area contributed by atoms with Crippen LogP contribution in [-0.4, -0.2) is 77.5 Å². The Morgan fingerprint density at radius 3 is 2.61 bits per heavy atom. The lowest BCUT2D eigenvalue weighted by Crippen LogP contribution is -2.48. The van der Waals surface area contributed by atoms with Crippen LogP contribution in [0.1, 0.15) is 49.5 Å². The number of hydrogen-bond donors (Lipinski definition) is 3. The summed E-state index contributed by atoms with van der Waals surface area (Å²) in [6.07, 6.45) is 3.29. The molecule has 172 valence electrons. The van der Waals surface area contributed by atoms with Crippen molar-refractivity contribution >= 4 is 23.6 Å². The average molecular weight is 437 g/mol. The number of ether oxygens (including phenoxy) is 1. The van der Waals surface area contributed by atoms with E-state index < -0.39 is 41.4 Å². The van der Waals surface area contributed by atoms with Crippen LogP contribution in [0.15, 0.2) is 18.5 Å². The Morgan fingerprint density at radius 2 is 2.06 bits per heavy atom. The highest BCUT2D eigenvalue weighted by atomic mass is 16.5. The molecule has 1 aliphatic rings. The average Bonchev–Trinajstić information content (AvgIpc) is 3.25. The number of aromatic nitrogens is 1. The third-order valence-corrected chi connectivity index (χ3v) is 5.34. The van der Waals surface area contributed by atoms with Gasteiger partial charge in [-0.15, -0.1) is 0 Å². The fourth-order valence-electron chi connectivity index (χ4n) is 3.78. The van der Waals surface area contributed by atoms with Gasteiger partial charge in [0.2, 0.25) is 11.8 Å². The Kier molecular flexibility index (Phi) is 7.96. The summed E-state index contributed by atoms with van der Waals surface area (Å²) in [5, 5.41) is 12.0. The van der Waals surface area contributed by atoms with Crippen LogP contribution in [0, 0.1) is 5.41 Å². The van der Waals surface area contributed by atoms with Gasteiger partial charge in [-0.3, -0.25) is 14.4 Å². The summed E-state index contributed by atoms with van der Waals surface area (Å²) >= 11 is 0. The molecule has 0 saturated carbocycles. The molecule has 0 aliphatic carbocycles. The van der Waals surface area contributed by atoms with E-state index in [1.807, 2.05) is 32.8 Å². The maximum absolute atomic E-state index is 13.3. The van der Waals surface area contributed by atoms with Gasteiger partial charge >= 0.3 is 5.97 Å². The number of nitrogens with two attached hydrogens (primary N) is 1. The van der Waals surface area contributed by atoms with E-state index in [1.165, 1.54) is 23.0 Å². The Labute approximate surface area is 181 Å². The summed E-state index contributed by atoms with van der Waals surface area (Å²) < 4.78 is 7.06. The van der Waals surface area contributed by atoms with Gasteiger partial charge in [-0.2, -0.15) is 0 Å². The molecule has 3 atom stereocenters. The van der Waals surface area contributed by atoms with Crippen molar-refractivity contribution in [2.45, 2.75) is 51.3 Å². The largest absolute Gasteiger partial charge is 0.478 e. The number of aromatic carboxylic acids is 1. The van der Waals surface area contributed by atoms with Crippen LogP contribution in [0.3, 0.4) is 0 Å². The van der Waals surface area contributed by atoms with E-state index in [-0.39, 0.29) is 30.8 Å². The molecule has 31 heavy (non-hydrogen) atoms. The number of ketones is 1. The van der Waals surface area contributed by atoms with Gasteiger partial charge in [0.05, 0.1) is 11.7 Å². The zero-order valence-corrected chi connectivity index (χ0v) is 18.5. The molecule has 0 radical (unpaired) electrons. The normalized spacial score (nSPS) is 20.1. The van der Waals surface area contributed by atoms with E-state index in [9.17, 15) is 24.3 Å². The number of carbonyl (C=O) groups excluding carboxylic acids is 3. The number of hydrogen-bond acceptors (Lipinski definition) is 6. The van der Waals surface area contributed by atoms with Crippen LogP contribution in [0.5, 0.6) is 0 Å². The Balaban J connectivity index is 2.25. The Morgan fingerprint density at radius 1 is 1.39 bits per heavy atom. The highest BCUT2D eigenvalue weighted by Crippen LogP contribution is 2.32. The van der Waals surface area contributed by atoms with Crippen molar-refractivity contribution in [2.75, 3.05) is 27.2 Å². The summed E-state index contributed by atoms with van der Waals surface area (Å²) in [4.78, 5) is 50.3. The molecule has 4 N–H and O–H groups in total. The number of amides is 2. The molecule has 2 heterocycles. The van der Waals surface area contributed by atoms with E-state index in [4.69, 9.17) is 10.5 Å². The number of carboxylic acid groups (broad SMARTS) is 1. The van der Waals surface area contributed by atoms with Gasteiger partial charge in [0, 0.05) is 25.4 Å². The summed E-state index contributed by atoms with van der Waals surface area (Å²) in [5.41, 5.74) is 4.76. The highest BCUT2D eigenvalue weighted by Gasteiger charge is 2.39. The minimum Gasteiger partial charge on any atom is -0.478 e. The highest BCUT2D eigenvalue weighted by molar-refractivity contribution is 5.93. The first-order valence-electron chi connectivity index (χ1n) is 10.2. The first kappa shape index (κ1) is 24.5. The first-order chi connectivity index (χ1) is 14.4. The van der Waals surface area contributed by atoms with Crippen LogP contribution < -0.4 is 11.1 Å². The standard InChI is InChI=1S/C21H32N4O6/c1-21(2,10-17(22)27)9-14(25-8-5-13(11-25)20(29)30)19(28)23-18-15(26)12-31-16(18)6-7-24(3)4/h5,8,11,14,16,18H,6-7,9-10,12H2,1-4H3,(H2,22,27)(H,23,28)(H,29,30). The topological polar surface area (TPSA) is 144 Å². The minimum atomic E-state index is -1.11. The van der Waals surface area contributed by atoms with Crippen molar-refractivity contribution < 1.29 is 29.0 Å². The Hall–Kier alpha value is -2.72. The number of carboxylic acids is 1. The van der Waals surface area contributed by atoms with E-state index in [2.05, 4.69) is 5.32 Å². The number of carbonyl (C=O) groups is 4. The molecular formula is C21H32N4O6. The molecule has 0 bridgehead atoms. The molecule has 1 aromatic heterocycles. The van der Waals surface area contributed by atoms with Crippen molar-refractivity contribution in [1.82, 2.24) is 14.8 Å². The summed E-state index contributed by atoms with van der Waals surface area (Å²) in [5.74, 6) is -2.25. The van der Waals surface area contributed by atoms with Crippen LogP contribution >= 0.6 is 0 Å². The van der Waals surface area contributed by atoms with Crippen molar-refractivity contribution in [3.05, 3.63) is 24.0 Å². The van der Waals surface area contributed by atoms with Crippen LogP contribution in [0.4, 0.5) is 0 Å². The summed E-state index contributed by atoms with van der Waals surface area (Å²) in [6, 6.07) is -0.206. The summed E-state index contributed by atoms with van der Waals surface area (Å²) in [6.45, 7) is 4.25. The van der Waals surface area contributed by atoms with Gasteiger partial charge in [-0.05, 0) is 38.4 Å². The fourth-order valence-corrected chi connectivity index (χ4v) is 3.78. The van der Waals surface area contributed by atoms with Gasteiger partial charge in [0.25, 0.3) is 0 Å². The molecule has 0 spiro atoms. The van der Waals surface area contributed by atoms with Gasteiger partial charge < -0.3 is 30.4 Å². The second-order valence-corrected chi connectivity index (χ2v) is 9.07. The number of nitrogens with one attached hydrogen (secondary N) is 1. The molecule has 0 aromatic carbocycles. The quantitative estimate of drug-likeness (QED) is 0.456. The molecule has 3 unspecified atom stereocenters. The molecule has 1 fully saturated rings. The number of primary amides is 1. The zero-order valence-electron chi connectivity index (χ0n) is 18.5. The summed E-state index contributed by atoms with van der Waals surface area (Å²) in [7, 11) is 3.82. The predicted octanol–water partition coefficient (Wildman–Crippen LogP) is 0.424. The van der Waals surface area contributed by atoms with Crippen LogP contribution in [-0.2, 0) is 19.1 Å². The maximum Gasteiger partial charge on any atom is 0.337 e. The van der Waals surface area contributed by atoms with Crippen molar-refractivity contribution in [1.29, 1.82) is 0 Å². The molecular weight excluding hydrogens is 404 g/mol.